The minimum Gasteiger partial charge on any atom is -0.493 e. The van der Waals surface area contributed by atoms with E-state index in [1.165, 1.54) is 0 Å². The number of para-hydroxylation sites is 2. The summed E-state index contributed by atoms with van der Waals surface area (Å²) in [5, 5.41) is 8.70. The van der Waals surface area contributed by atoms with E-state index < -0.39 is 0 Å². The summed E-state index contributed by atoms with van der Waals surface area (Å²) in [6.45, 7) is 3.85. The summed E-state index contributed by atoms with van der Waals surface area (Å²) >= 11 is 0. The van der Waals surface area contributed by atoms with Crippen LogP contribution in [0.3, 0.4) is 0 Å². The maximum Gasteiger partial charge on any atom is 0.196 e. The monoisotopic (exact) mass is 336 g/mol. The van der Waals surface area contributed by atoms with Crippen LogP contribution in [0.5, 0.6) is 11.5 Å². The van der Waals surface area contributed by atoms with Gasteiger partial charge in [0.1, 0.15) is 0 Å². The van der Waals surface area contributed by atoms with Gasteiger partial charge in [-0.05, 0) is 43.7 Å². The molecule has 25 heavy (non-hydrogen) atoms. The fraction of sp³-hybridized carbons (Fsp3) is 0.263. The number of hydrogen-bond donors (Lipinski definition) is 0. The summed E-state index contributed by atoms with van der Waals surface area (Å²) in [5.41, 5.74) is 3.39. The van der Waals surface area contributed by atoms with Gasteiger partial charge in [-0.25, -0.2) is 9.97 Å². The van der Waals surface area contributed by atoms with Crippen molar-refractivity contribution in [3.05, 3.63) is 53.7 Å². The summed E-state index contributed by atoms with van der Waals surface area (Å²) in [6, 6.07) is 13.3. The second-order valence-electron chi connectivity index (χ2n) is 5.63. The highest BCUT2D eigenvalue weighted by Crippen LogP contribution is 2.31. The van der Waals surface area contributed by atoms with Gasteiger partial charge in [-0.1, -0.05) is 18.2 Å². The van der Waals surface area contributed by atoms with Crippen molar-refractivity contribution in [3.8, 4) is 11.5 Å². The number of ether oxygens (including phenoxy) is 2. The zero-order valence-electron chi connectivity index (χ0n) is 14.7. The van der Waals surface area contributed by atoms with Gasteiger partial charge in [0.25, 0.3) is 0 Å². The zero-order valence-corrected chi connectivity index (χ0v) is 14.7. The SMILES string of the molecule is COc1ccc(C(C)N=Nc2nc3ccccc3nc2C)cc1OC. The van der Waals surface area contributed by atoms with Crippen LogP contribution in [-0.2, 0) is 0 Å². The van der Waals surface area contributed by atoms with Crippen molar-refractivity contribution < 1.29 is 9.47 Å². The van der Waals surface area contributed by atoms with Crippen LogP contribution in [0.2, 0.25) is 0 Å². The average Bonchev–Trinajstić information content (AvgIpc) is 2.65. The van der Waals surface area contributed by atoms with Crippen LogP contribution in [0.15, 0.2) is 52.7 Å². The Labute approximate surface area is 146 Å². The summed E-state index contributed by atoms with van der Waals surface area (Å²) in [5.74, 6) is 1.89. The van der Waals surface area contributed by atoms with E-state index in [1.807, 2.05) is 56.3 Å². The van der Waals surface area contributed by atoms with Crippen LogP contribution in [0.1, 0.15) is 24.2 Å². The molecule has 0 fully saturated rings. The number of hydrogen-bond acceptors (Lipinski definition) is 6. The van der Waals surface area contributed by atoms with Crippen molar-refractivity contribution >= 4 is 16.9 Å². The highest BCUT2D eigenvalue weighted by atomic mass is 16.5. The van der Waals surface area contributed by atoms with Gasteiger partial charge in [-0.15, -0.1) is 5.11 Å². The molecule has 3 aromatic rings. The lowest BCUT2D eigenvalue weighted by molar-refractivity contribution is 0.354. The van der Waals surface area contributed by atoms with Gasteiger partial charge >= 0.3 is 0 Å². The molecular formula is C19H20N4O2. The first kappa shape index (κ1) is 16.8. The third-order valence-electron chi connectivity index (χ3n) is 3.94. The Morgan fingerprint density at radius 2 is 1.60 bits per heavy atom. The van der Waals surface area contributed by atoms with E-state index in [0.29, 0.717) is 17.3 Å². The maximum absolute atomic E-state index is 5.34. The Morgan fingerprint density at radius 1 is 0.920 bits per heavy atom. The Kier molecular flexibility index (Phi) is 4.88. The molecule has 0 aliphatic carbocycles. The minimum absolute atomic E-state index is 0.146. The van der Waals surface area contributed by atoms with Gasteiger partial charge < -0.3 is 9.47 Å². The molecule has 0 aliphatic heterocycles. The van der Waals surface area contributed by atoms with Gasteiger partial charge in [0.15, 0.2) is 17.3 Å². The summed E-state index contributed by atoms with van der Waals surface area (Å²) in [6.07, 6.45) is 0. The molecule has 0 aliphatic rings. The van der Waals surface area contributed by atoms with Crippen LogP contribution < -0.4 is 9.47 Å². The Bertz CT molecular complexity index is 924. The van der Waals surface area contributed by atoms with E-state index in [1.54, 1.807) is 14.2 Å². The molecule has 0 bridgehead atoms. The number of nitrogens with zero attached hydrogens (tertiary/aromatic N) is 4. The fourth-order valence-corrected chi connectivity index (χ4v) is 2.49. The Balaban J connectivity index is 1.87. The van der Waals surface area contributed by atoms with E-state index in [4.69, 9.17) is 9.47 Å². The molecule has 0 saturated carbocycles. The molecule has 0 spiro atoms. The third-order valence-corrected chi connectivity index (χ3v) is 3.94. The normalized spacial score (nSPS) is 12.5. The molecule has 2 aromatic carbocycles. The standard InChI is InChI=1S/C19H20N4O2/c1-12(14-9-10-17(24-3)18(11-14)25-4)22-23-19-13(2)20-15-7-5-6-8-16(15)21-19/h5-12H,1-4H3. The molecule has 1 atom stereocenters. The predicted octanol–water partition coefficient (Wildman–Crippen LogP) is 4.80. The number of fused-ring (bicyclic) bond motifs is 1. The van der Waals surface area contributed by atoms with Crippen LogP contribution >= 0.6 is 0 Å². The predicted molar refractivity (Wildman–Crippen MR) is 96.8 cm³/mol. The average molecular weight is 336 g/mol. The first-order valence-electron chi connectivity index (χ1n) is 7.98. The van der Waals surface area contributed by atoms with Gasteiger partial charge in [0.05, 0.1) is 37.0 Å². The van der Waals surface area contributed by atoms with Crippen LogP contribution in [0.25, 0.3) is 11.0 Å². The second kappa shape index (κ2) is 7.25. The number of methoxy groups -OCH3 is 2. The van der Waals surface area contributed by atoms with Crippen LogP contribution in [-0.4, -0.2) is 24.2 Å². The first-order chi connectivity index (χ1) is 12.1. The number of aryl methyl sites for hydroxylation is 1. The van der Waals surface area contributed by atoms with Gasteiger partial charge in [-0.3, -0.25) is 0 Å². The molecule has 6 heteroatoms. The topological polar surface area (TPSA) is 69.0 Å². The lowest BCUT2D eigenvalue weighted by atomic mass is 10.1. The molecule has 1 heterocycles. The first-order valence-corrected chi connectivity index (χ1v) is 7.98. The largest absolute Gasteiger partial charge is 0.493 e. The lowest BCUT2D eigenvalue weighted by Crippen LogP contribution is -1.95. The highest BCUT2D eigenvalue weighted by molar-refractivity contribution is 5.75. The zero-order chi connectivity index (χ0) is 17.8. The van der Waals surface area contributed by atoms with Gasteiger partial charge in [0.2, 0.25) is 0 Å². The summed E-state index contributed by atoms with van der Waals surface area (Å²) < 4.78 is 10.6. The molecule has 128 valence electrons. The van der Waals surface area contributed by atoms with Crippen molar-refractivity contribution in [2.24, 2.45) is 10.2 Å². The number of aromatic nitrogens is 2. The van der Waals surface area contributed by atoms with Crippen molar-refractivity contribution in [2.45, 2.75) is 19.9 Å². The number of rotatable bonds is 5. The molecule has 6 nitrogen and oxygen atoms in total. The van der Waals surface area contributed by atoms with Crippen molar-refractivity contribution in [3.63, 3.8) is 0 Å². The molecule has 0 saturated heterocycles. The second-order valence-corrected chi connectivity index (χ2v) is 5.63. The minimum atomic E-state index is -0.146. The van der Waals surface area contributed by atoms with E-state index in [9.17, 15) is 0 Å². The summed E-state index contributed by atoms with van der Waals surface area (Å²) in [7, 11) is 3.23. The molecule has 0 N–H and O–H groups in total. The fourth-order valence-electron chi connectivity index (χ4n) is 2.49. The van der Waals surface area contributed by atoms with E-state index in [2.05, 4.69) is 20.2 Å². The van der Waals surface area contributed by atoms with E-state index >= 15 is 0 Å². The van der Waals surface area contributed by atoms with Crippen molar-refractivity contribution in [1.82, 2.24) is 9.97 Å². The van der Waals surface area contributed by atoms with Gasteiger partial charge in [-0.2, -0.15) is 5.11 Å². The van der Waals surface area contributed by atoms with Crippen LogP contribution in [0.4, 0.5) is 5.82 Å². The quantitative estimate of drug-likeness (QED) is 0.628. The number of azo groups is 1. The summed E-state index contributed by atoms with van der Waals surface area (Å²) in [4.78, 5) is 9.06. The van der Waals surface area contributed by atoms with Crippen LogP contribution in [0, 0.1) is 6.92 Å². The maximum atomic E-state index is 5.34. The molecule has 0 radical (unpaired) electrons. The molecule has 3 rings (SSSR count). The highest BCUT2D eigenvalue weighted by Gasteiger charge is 2.10. The van der Waals surface area contributed by atoms with E-state index in [-0.39, 0.29) is 6.04 Å². The lowest BCUT2D eigenvalue weighted by Gasteiger charge is -2.11. The van der Waals surface area contributed by atoms with Gasteiger partial charge in [0, 0.05) is 0 Å². The molecule has 0 amide bonds. The van der Waals surface area contributed by atoms with E-state index in [0.717, 1.165) is 22.3 Å². The van der Waals surface area contributed by atoms with Crippen molar-refractivity contribution in [1.29, 1.82) is 0 Å². The smallest absolute Gasteiger partial charge is 0.196 e. The number of benzene rings is 2. The van der Waals surface area contributed by atoms with Crippen molar-refractivity contribution in [2.75, 3.05) is 14.2 Å². The Hall–Kier alpha value is -3.02. The third kappa shape index (κ3) is 3.57. The molecular weight excluding hydrogens is 316 g/mol. The molecule has 1 unspecified atom stereocenters. The molecule has 1 aromatic heterocycles. The Morgan fingerprint density at radius 3 is 2.28 bits per heavy atom.